The Morgan fingerprint density at radius 1 is 1.17 bits per heavy atom. The maximum Gasteiger partial charge on any atom is 0.389 e. The van der Waals surface area contributed by atoms with Gasteiger partial charge in [-0.3, -0.25) is 4.90 Å². The summed E-state index contributed by atoms with van der Waals surface area (Å²) >= 11 is 6.76. The van der Waals surface area contributed by atoms with Crippen LogP contribution in [0, 0.1) is 0 Å². The molecule has 1 aliphatic heterocycles. The molecule has 0 spiro atoms. The second kappa shape index (κ2) is 10.4. The van der Waals surface area contributed by atoms with Crippen LogP contribution in [-0.2, 0) is 0 Å². The maximum atomic E-state index is 12.7. The van der Waals surface area contributed by atoms with Gasteiger partial charge >= 0.3 is 6.18 Å². The first-order chi connectivity index (χ1) is 10.3. The Balaban J connectivity index is 0.00000264. The Morgan fingerprint density at radius 3 is 2.29 bits per heavy atom. The summed E-state index contributed by atoms with van der Waals surface area (Å²) in [7, 11) is 0. The number of anilines is 1. The lowest BCUT2D eigenvalue weighted by molar-refractivity contribution is -0.138. The van der Waals surface area contributed by atoms with E-state index >= 15 is 0 Å². The van der Waals surface area contributed by atoms with Gasteiger partial charge in [0.1, 0.15) is 0 Å². The molecule has 3 N–H and O–H groups in total. The second-order valence-corrected chi connectivity index (χ2v) is 7.12. The summed E-state index contributed by atoms with van der Waals surface area (Å²) in [5.74, 6) is 0. The number of rotatable bonds is 4. The largest absolute Gasteiger partial charge is 0.398 e. The number of hydrogen-bond acceptors (Lipinski definition) is 3. The van der Waals surface area contributed by atoms with Crippen LogP contribution in [-0.4, -0.2) is 37.3 Å². The minimum atomic E-state index is -4.16. The minimum Gasteiger partial charge on any atom is -0.398 e. The number of benzene rings is 1. The maximum absolute atomic E-state index is 12.7. The molecule has 24 heavy (non-hydrogen) atoms. The smallest absolute Gasteiger partial charge is 0.389 e. The minimum absolute atomic E-state index is 0. The van der Waals surface area contributed by atoms with Crippen molar-refractivity contribution < 1.29 is 13.2 Å². The lowest BCUT2D eigenvalue weighted by atomic mass is 9.97. The summed E-state index contributed by atoms with van der Waals surface area (Å²) in [5, 5.41) is 3.22. The Kier molecular flexibility index (Phi) is 10.5. The fourth-order valence-corrected chi connectivity index (χ4v) is 3.97. The summed E-state index contributed by atoms with van der Waals surface area (Å²) in [4.78, 5) is 2.08. The van der Waals surface area contributed by atoms with Crippen molar-refractivity contribution in [3.8, 4) is 0 Å². The van der Waals surface area contributed by atoms with Crippen LogP contribution in [0.25, 0.3) is 0 Å². The molecular formula is C14H20Br2Cl2F3N3. The SMILES string of the molecule is Cl.Cl.Nc1c(Br)cc(Br)cc1[C@@H](CCC(F)(F)F)N1CCNCC1. The molecule has 0 saturated carbocycles. The number of piperazine rings is 1. The highest BCUT2D eigenvalue weighted by Crippen LogP contribution is 2.38. The zero-order valence-corrected chi connectivity index (χ0v) is 17.5. The standard InChI is InChI=1S/C14H18Br2F3N3.2ClH/c15-9-7-10(13(20)11(16)8-9)12(1-2-14(17,18)19)22-5-3-21-4-6-22;;/h7-8,12,21H,1-6,20H2;2*1H/t12-;;/m1../s1. The first-order valence-corrected chi connectivity index (χ1v) is 8.62. The molecule has 1 heterocycles. The molecule has 1 aromatic rings. The van der Waals surface area contributed by atoms with Crippen molar-refractivity contribution in [1.29, 1.82) is 0 Å². The molecule has 3 nitrogen and oxygen atoms in total. The normalized spacial score (nSPS) is 16.9. The fourth-order valence-electron chi connectivity index (χ4n) is 2.71. The molecule has 1 atom stereocenters. The lowest BCUT2D eigenvalue weighted by Crippen LogP contribution is -2.45. The molecule has 2 rings (SSSR count). The van der Waals surface area contributed by atoms with Crippen molar-refractivity contribution in [3.63, 3.8) is 0 Å². The summed E-state index contributed by atoms with van der Waals surface area (Å²) in [6.07, 6.45) is -4.97. The number of halogens is 7. The lowest BCUT2D eigenvalue weighted by Gasteiger charge is -2.36. The van der Waals surface area contributed by atoms with Crippen LogP contribution in [0.1, 0.15) is 24.4 Å². The van der Waals surface area contributed by atoms with Crippen molar-refractivity contribution in [1.82, 2.24) is 10.2 Å². The van der Waals surface area contributed by atoms with E-state index in [-0.39, 0.29) is 37.3 Å². The molecule has 1 aliphatic rings. The third-order valence-corrected chi connectivity index (χ3v) is 4.89. The summed E-state index contributed by atoms with van der Waals surface area (Å²) in [5.41, 5.74) is 7.36. The van der Waals surface area contributed by atoms with Crippen molar-refractivity contribution in [2.45, 2.75) is 25.1 Å². The quantitative estimate of drug-likeness (QED) is 0.557. The Hall–Kier alpha value is 0.270. The van der Waals surface area contributed by atoms with Crippen molar-refractivity contribution in [3.05, 3.63) is 26.6 Å². The molecule has 1 saturated heterocycles. The first kappa shape index (κ1) is 24.3. The number of nitrogens with zero attached hydrogens (tertiary/aromatic N) is 1. The van der Waals surface area contributed by atoms with E-state index in [1.807, 2.05) is 6.07 Å². The number of alkyl halides is 3. The van der Waals surface area contributed by atoms with Crippen molar-refractivity contribution in [2.75, 3.05) is 31.9 Å². The van der Waals surface area contributed by atoms with E-state index in [1.165, 1.54) is 0 Å². The van der Waals surface area contributed by atoms with E-state index in [9.17, 15) is 13.2 Å². The molecule has 0 amide bonds. The molecule has 1 fully saturated rings. The van der Waals surface area contributed by atoms with Gasteiger partial charge in [0, 0.05) is 47.6 Å². The molecular weight excluding hydrogens is 498 g/mol. The van der Waals surface area contributed by atoms with Crippen LogP contribution in [0.3, 0.4) is 0 Å². The third kappa shape index (κ3) is 6.88. The van der Waals surface area contributed by atoms with Gasteiger partial charge in [0.05, 0.1) is 5.69 Å². The van der Waals surface area contributed by atoms with Crippen LogP contribution in [0.15, 0.2) is 21.1 Å². The van der Waals surface area contributed by atoms with Crippen molar-refractivity contribution in [2.24, 2.45) is 0 Å². The van der Waals surface area contributed by atoms with E-state index in [0.29, 0.717) is 23.2 Å². The van der Waals surface area contributed by atoms with Crippen LogP contribution in [0.2, 0.25) is 0 Å². The Labute approximate surface area is 169 Å². The van der Waals surface area contributed by atoms with Gasteiger partial charge in [0.2, 0.25) is 0 Å². The van der Waals surface area contributed by atoms with Crippen LogP contribution >= 0.6 is 56.7 Å². The van der Waals surface area contributed by atoms with E-state index in [4.69, 9.17) is 5.73 Å². The number of nitrogens with two attached hydrogens (primary N) is 1. The predicted octanol–water partition coefficient (Wildman–Crippen LogP) is 4.93. The first-order valence-electron chi connectivity index (χ1n) is 7.04. The van der Waals surface area contributed by atoms with Gasteiger partial charge in [-0.05, 0) is 40.0 Å². The van der Waals surface area contributed by atoms with Gasteiger partial charge in [-0.1, -0.05) is 15.9 Å². The molecule has 0 aliphatic carbocycles. The van der Waals surface area contributed by atoms with E-state index in [2.05, 4.69) is 42.1 Å². The van der Waals surface area contributed by atoms with Gasteiger partial charge in [0.15, 0.2) is 0 Å². The third-order valence-electron chi connectivity index (χ3n) is 3.78. The van der Waals surface area contributed by atoms with Crippen LogP contribution < -0.4 is 11.1 Å². The van der Waals surface area contributed by atoms with Gasteiger partial charge in [-0.25, -0.2) is 0 Å². The molecule has 1 aromatic carbocycles. The van der Waals surface area contributed by atoms with Gasteiger partial charge in [-0.15, -0.1) is 24.8 Å². The van der Waals surface area contributed by atoms with E-state index < -0.39 is 12.6 Å². The average molecular weight is 518 g/mol. The molecule has 0 radical (unpaired) electrons. The average Bonchev–Trinajstić information content (AvgIpc) is 2.44. The summed E-state index contributed by atoms with van der Waals surface area (Å²) in [6.45, 7) is 2.98. The highest BCUT2D eigenvalue weighted by Gasteiger charge is 2.32. The second-order valence-electron chi connectivity index (χ2n) is 5.35. The van der Waals surface area contributed by atoms with E-state index in [1.54, 1.807) is 6.07 Å². The molecule has 0 unspecified atom stereocenters. The zero-order valence-electron chi connectivity index (χ0n) is 12.7. The Bertz CT molecular complexity index is 527. The van der Waals surface area contributed by atoms with Gasteiger partial charge < -0.3 is 11.1 Å². The number of nitrogens with one attached hydrogen (secondary N) is 1. The van der Waals surface area contributed by atoms with Gasteiger partial charge in [0.25, 0.3) is 0 Å². The molecule has 0 aromatic heterocycles. The summed E-state index contributed by atoms with van der Waals surface area (Å²) in [6, 6.07) is 3.29. The number of nitrogen functional groups attached to an aromatic ring is 1. The highest BCUT2D eigenvalue weighted by atomic mass is 79.9. The predicted molar refractivity (Wildman–Crippen MR) is 103 cm³/mol. The van der Waals surface area contributed by atoms with Gasteiger partial charge in [-0.2, -0.15) is 13.2 Å². The topological polar surface area (TPSA) is 41.3 Å². The fraction of sp³-hybridized carbons (Fsp3) is 0.571. The highest BCUT2D eigenvalue weighted by molar-refractivity contribution is 9.11. The Morgan fingerprint density at radius 2 is 1.75 bits per heavy atom. The van der Waals surface area contributed by atoms with Crippen molar-refractivity contribution >= 4 is 62.4 Å². The van der Waals surface area contributed by atoms with Crippen LogP contribution in [0.5, 0.6) is 0 Å². The molecule has 0 bridgehead atoms. The summed E-state index contributed by atoms with van der Waals surface area (Å²) < 4.78 is 39.5. The molecule has 140 valence electrons. The zero-order chi connectivity index (χ0) is 16.3. The molecule has 10 heteroatoms. The van der Waals surface area contributed by atoms with Crippen LogP contribution in [0.4, 0.5) is 18.9 Å². The monoisotopic (exact) mass is 515 g/mol. The number of hydrogen-bond donors (Lipinski definition) is 2. The van der Waals surface area contributed by atoms with E-state index in [0.717, 1.165) is 23.1 Å².